The van der Waals surface area contributed by atoms with Crippen LogP contribution in [0.5, 0.6) is 0 Å². The normalized spacial score (nSPS) is 22.2. The lowest BCUT2D eigenvalue weighted by Crippen LogP contribution is -2.28. The van der Waals surface area contributed by atoms with Crippen LogP contribution in [0.25, 0.3) is 0 Å². The average Bonchev–Trinajstić information content (AvgIpc) is 2.90. The van der Waals surface area contributed by atoms with Gasteiger partial charge in [0.2, 0.25) is 0 Å². The molecule has 0 aliphatic heterocycles. The monoisotopic (exact) mass is 271 g/mol. The summed E-state index contributed by atoms with van der Waals surface area (Å²) in [7, 11) is 0. The van der Waals surface area contributed by atoms with Crippen molar-refractivity contribution >= 4 is 11.3 Å². The van der Waals surface area contributed by atoms with Crippen molar-refractivity contribution in [3.63, 3.8) is 0 Å². The first-order chi connectivity index (χ1) is 9.28. The summed E-state index contributed by atoms with van der Waals surface area (Å²) in [6.45, 7) is 2.22. The molecule has 1 nitrogen and oxygen atoms in total. The molecule has 0 bridgehead atoms. The summed E-state index contributed by atoms with van der Waals surface area (Å²) in [5.41, 5.74) is 9.30. The molecule has 0 radical (unpaired) electrons. The third-order valence-electron chi connectivity index (χ3n) is 4.24. The van der Waals surface area contributed by atoms with Crippen molar-refractivity contribution in [1.29, 1.82) is 0 Å². The van der Waals surface area contributed by atoms with Crippen molar-refractivity contribution in [2.75, 3.05) is 0 Å². The van der Waals surface area contributed by atoms with E-state index >= 15 is 0 Å². The predicted octanol–water partition coefficient (Wildman–Crippen LogP) is 4.12. The minimum Gasteiger partial charge on any atom is -0.324 e. The number of thiophene rings is 1. The van der Waals surface area contributed by atoms with Gasteiger partial charge in [0, 0.05) is 15.8 Å². The number of hydrogen-bond acceptors (Lipinski definition) is 2. The Morgan fingerprint density at radius 2 is 1.95 bits per heavy atom. The van der Waals surface area contributed by atoms with Gasteiger partial charge in [-0.3, -0.25) is 0 Å². The molecule has 0 fully saturated rings. The Balaban J connectivity index is 1.76. The summed E-state index contributed by atoms with van der Waals surface area (Å²) in [5.74, 6) is 0.596. The molecule has 100 valence electrons. The van der Waals surface area contributed by atoms with Crippen LogP contribution in [0.15, 0.2) is 36.4 Å². The number of nitrogens with two attached hydrogens (primary N) is 1. The first kappa shape index (κ1) is 12.9. The van der Waals surface area contributed by atoms with Gasteiger partial charge in [0.15, 0.2) is 0 Å². The van der Waals surface area contributed by atoms with Gasteiger partial charge >= 0.3 is 0 Å². The van der Waals surface area contributed by atoms with Gasteiger partial charge in [-0.2, -0.15) is 0 Å². The smallest absolute Gasteiger partial charge is 0.0329 e. The maximum absolute atomic E-state index is 6.48. The molecule has 1 aromatic heterocycles. The molecule has 0 saturated carbocycles. The van der Waals surface area contributed by atoms with Gasteiger partial charge in [-0.1, -0.05) is 31.2 Å². The fraction of sp³-hybridized carbons (Fsp3) is 0.412. The van der Waals surface area contributed by atoms with Gasteiger partial charge in [-0.05, 0) is 54.9 Å². The Hall–Kier alpha value is -1.12. The molecule has 2 heteroatoms. The fourth-order valence-corrected chi connectivity index (χ4v) is 4.12. The quantitative estimate of drug-likeness (QED) is 0.893. The van der Waals surface area contributed by atoms with Gasteiger partial charge in [-0.25, -0.2) is 0 Å². The summed E-state index contributed by atoms with van der Waals surface area (Å²) >= 11 is 1.95. The van der Waals surface area contributed by atoms with Crippen molar-refractivity contribution in [2.24, 2.45) is 11.7 Å². The van der Waals surface area contributed by atoms with Crippen LogP contribution in [-0.4, -0.2) is 0 Å². The van der Waals surface area contributed by atoms with Crippen molar-refractivity contribution in [3.8, 4) is 0 Å². The van der Waals surface area contributed by atoms with E-state index in [9.17, 15) is 0 Å². The largest absolute Gasteiger partial charge is 0.324 e. The highest BCUT2D eigenvalue weighted by atomic mass is 32.1. The van der Waals surface area contributed by atoms with E-state index in [0.29, 0.717) is 5.92 Å². The number of aryl methyl sites for hydroxylation is 2. The van der Waals surface area contributed by atoms with Gasteiger partial charge in [0.1, 0.15) is 0 Å². The molecule has 3 rings (SSSR count). The minimum atomic E-state index is 0.206. The summed E-state index contributed by atoms with van der Waals surface area (Å²) in [5, 5.41) is 0. The first-order valence-electron chi connectivity index (χ1n) is 7.19. The zero-order valence-electron chi connectivity index (χ0n) is 11.4. The maximum atomic E-state index is 6.48. The number of rotatable bonds is 3. The molecule has 2 atom stereocenters. The second-order valence-electron chi connectivity index (χ2n) is 5.45. The lowest BCUT2D eigenvalue weighted by atomic mass is 9.78. The lowest BCUT2D eigenvalue weighted by molar-refractivity contribution is 0.378. The minimum absolute atomic E-state index is 0.206. The molecule has 1 heterocycles. The average molecular weight is 271 g/mol. The van der Waals surface area contributed by atoms with E-state index < -0.39 is 0 Å². The molecule has 2 unspecified atom stereocenters. The molecule has 2 aromatic rings. The van der Waals surface area contributed by atoms with Crippen molar-refractivity contribution < 1.29 is 0 Å². The summed E-state index contributed by atoms with van der Waals surface area (Å²) in [6.07, 6.45) is 4.68. The van der Waals surface area contributed by atoms with E-state index in [1.807, 2.05) is 11.3 Å². The second kappa shape index (κ2) is 5.48. The van der Waals surface area contributed by atoms with E-state index in [2.05, 4.69) is 43.3 Å². The maximum Gasteiger partial charge on any atom is 0.0329 e. The van der Waals surface area contributed by atoms with E-state index in [0.717, 1.165) is 12.8 Å². The van der Waals surface area contributed by atoms with E-state index in [4.69, 9.17) is 5.73 Å². The highest BCUT2D eigenvalue weighted by molar-refractivity contribution is 7.11. The van der Waals surface area contributed by atoms with Crippen LogP contribution in [0, 0.1) is 5.92 Å². The van der Waals surface area contributed by atoms with E-state index in [1.165, 1.54) is 33.7 Å². The number of benzene rings is 1. The number of hydrogen-bond donors (Lipinski definition) is 1. The molecule has 1 aliphatic rings. The summed E-state index contributed by atoms with van der Waals surface area (Å²) < 4.78 is 0. The number of fused-ring (bicyclic) bond motifs is 1. The lowest BCUT2D eigenvalue weighted by Gasteiger charge is -2.30. The third kappa shape index (κ3) is 2.60. The molecule has 2 N–H and O–H groups in total. The van der Waals surface area contributed by atoms with Crippen LogP contribution in [0.3, 0.4) is 0 Å². The Labute approximate surface area is 119 Å². The SMILES string of the molecule is CCc1ccc(CC2CCc3ccccc3C2N)s1. The van der Waals surface area contributed by atoms with Crippen molar-refractivity contribution in [2.45, 2.75) is 38.6 Å². The second-order valence-corrected chi connectivity index (χ2v) is 6.70. The van der Waals surface area contributed by atoms with Crippen LogP contribution in [0.4, 0.5) is 0 Å². The van der Waals surface area contributed by atoms with Crippen LogP contribution in [0.1, 0.15) is 40.3 Å². The zero-order chi connectivity index (χ0) is 13.2. The Kier molecular flexibility index (Phi) is 3.72. The van der Waals surface area contributed by atoms with Crippen molar-refractivity contribution in [3.05, 3.63) is 57.3 Å². The van der Waals surface area contributed by atoms with Crippen LogP contribution in [-0.2, 0) is 19.3 Å². The highest BCUT2D eigenvalue weighted by Crippen LogP contribution is 2.35. The fourth-order valence-electron chi connectivity index (χ4n) is 3.07. The van der Waals surface area contributed by atoms with Crippen LogP contribution < -0.4 is 5.73 Å². The first-order valence-corrected chi connectivity index (χ1v) is 8.00. The van der Waals surface area contributed by atoms with Crippen LogP contribution >= 0.6 is 11.3 Å². The zero-order valence-corrected chi connectivity index (χ0v) is 12.2. The molecular formula is C17H21NS. The van der Waals surface area contributed by atoms with Crippen LogP contribution in [0.2, 0.25) is 0 Å². The molecule has 19 heavy (non-hydrogen) atoms. The van der Waals surface area contributed by atoms with Gasteiger partial charge in [-0.15, -0.1) is 11.3 Å². The van der Waals surface area contributed by atoms with Gasteiger partial charge in [0.05, 0.1) is 0 Å². The molecule has 0 amide bonds. The third-order valence-corrected chi connectivity index (χ3v) is 5.49. The molecule has 1 aromatic carbocycles. The predicted molar refractivity (Wildman–Crippen MR) is 82.6 cm³/mol. The molecule has 1 aliphatic carbocycles. The van der Waals surface area contributed by atoms with E-state index in [-0.39, 0.29) is 6.04 Å². The topological polar surface area (TPSA) is 26.0 Å². The standard InChI is InChI=1S/C17H21NS/c1-2-14-9-10-15(19-14)11-13-8-7-12-5-3-4-6-16(12)17(13)18/h3-6,9-10,13,17H,2,7-8,11,18H2,1H3. The Morgan fingerprint density at radius 1 is 1.16 bits per heavy atom. The molecular weight excluding hydrogens is 250 g/mol. The molecule has 0 saturated heterocycles. The molecule has 0 spiro atoms. The Morgan fingerprint density at radius 3 is 2.74 bits per heavy atom. The van der Waals surface area contributed by atoms with Crippen molar-refractivity contribution in [1.82, 2.24) is 0 Å². The Bertz CT molecular complexity index is 558. The summed E-state index contributed by atoms with van der Waals surface area (Å²) in [4.78, 5) is 2.98. The van der Waals surface area contributed by atoms with E-state index in [1.54, 1.807) is 0 Å². The highest BCUT2D eigenvalue weighted by Gasteiger charge is 2.26. The van der Waals surface area contributed by atoms with Gasteiger partial charge < -0.3 is 5.73 Å². The summed E-state index contributed by atoms with van der Waals surface area (Å²) in [6, 6.07) is 13.4. The van der Waals surface area contributed by atoms with Gasteiger partial charge in [0.25, 0.3) is 0 Å².